The average Bonchev–Trinajstić information content (AvgIpc) is 2.00. The fourth-order valence-corrected chi connectivity index (χ4v) is 0.541. The molecular formula is C5H5F6NO2. The second-order valence-electron chi connectivity index (χ2n) is 2.43. The quantitative estimate of drug-likeness (QED) is 0.681. The Morgan fingerprint density at radius 3 is 1.64 bits per heavy atom. The molecule has 0 saturated carbocycles. The van der Waals surface area contributed by atoms with Gasteiger partial charge in [0.05, 0.1) is 0 Å². The minimum absolute atomic E-state index is 2.75. The normalized spacial score (nSPS) is 17.6. The van der Waals surface area contributed by atoms with E-state index in [4.69, 9.17) is 5.11 Å². The molecule has 1 atom stereocenters. The van der Waals surface area contributed by atoms with Crippen LogP contribution in [-0.4, -0.2) is 35.4 Å². The molecule has 0 radical (unpaired) electrons. The first kappa shape index (κ1) is 13.0. The summed E-state index contributed by atoms with van der Waals surface area (Å²) in [6.07, 6.45) is -6.00. The van der Waals surface area contributed by atoms with E-state index in [1.54, 1.807) is 0 Å². The van der Waals surface area contributed by atoms with Crippen molar-refractivity contribution in [2.24, 2.45) is 5.73 Å². The highest BCUT2D eigenvalue weighted by atomic mass is 19.4. The monoisotopic (exact) mass is 225 g/mol. The predicted molar refractivity (Wildman–Crippen MR) is 31.1 cm³/mol. The third-order valence-corrected chi connectivity index (χ3v) is 1.49. The average molecular weight is 225 g/mol. The molecule has 3 N–H and O–H groups in total. The van der Waals surface area contributed by atoms with Crippen LogP contribution in [0.2, 0.25) is 0 Å². The number of aliphatic hydroxyl groups is 1. The molecule has 1 unspecified atom stereocenters. The van der Waals surface area contributed by atoms with Crippen LogP contribution in [0.1, 0.15) is 0 Å². The Bertz CT molecular complexity index is 239. The molecule has 0 aliphatic carbocycles. The molecule has 0 aliphatic heterocycles. The first-order valence-corrected chi connectivity index (χ1v) is 3.03. The summed E-state index contributed by atoms with van der Waals surface area (Å²) in [4.78, 5) is 9.92. The van der Waals surface area contributed by atoms with Gasteiger partial charge in [-0.25, -0.2) is 4.39 Å². The van der Waals surface area contributed by atoms with Gasteiger partial charge in [0.1, 0.15) is 6.67 Å². The SMILES string of the molecule is NC(=O)C(F)(F)C(O)(CF)C(F)(F)F. The zero-order valence-corrected chi connectivity index (χ0v) is 6.41. The molecule has 0 spiro atoms. The lowest BCUT2D eigenvalue weighted by molar-refractivity contribution is -0.325. The maximum Gasteiger partial charge on any atom is 0.426 e. The van der Waals surface area contributed by atoms with Gasteiger partial charge >= 0.3 is 12.1 Å². The minimum Gasteiger partial charge on any atom is -0.373 e. The molecule has 0 aromatic carbocycles. The van der Waals surface area contributed by atoms with Gasteiger partial charge in [-0.3, -0.25) is 4.79 Å². The van der Waals surface area contributed by atoms with Crippen molar-refractivity contribution < 1.29 is 36.2 Å². The maximum atomic E-state index is 12.4. The number of hydrogen-bond acceptors (Lipinski definition) is 2. The smallest absolute Gasteiger partial charge is 0.373 e. The van der Waals surface area contributed by atoms with E-state index in [0.717, 1.165) is 0 Å². The Kier molecular flexibility index (Phi) is 3.06. The van der Waals surface area contributed by atoms with Crippen LogP contribution in [0.3, 0.4) is 0 Å². The summed E-state index contributed by atoms with van der Waals surface area (Å²) in [7, 11) is 0. The van der Waals surface area contributed by atoms with E-state index in [9.17, 15) is 31.1 Å². The molecule has 14 heavy (non-hydrogen) atoms. The Labute approximate surface area is 73.5 Å². The number of rotatable bonds is 3. The van der Waals surface area contributed by atoms with Crippen molar-refractivity contribution in [1.82, 2.24) is 0 Å². The number of primary amides is 1. The second-order valence-corrected chi connectivity index (χ2v) is 2.43. The molecule has 0 aliphatic rings. The van der Waals surface area contributed by atoms with E-state index in [1.807, 2.05) is 0 Å². The van der Waals surface area contributed by atoms with Crippen LogP contribution in [0.5, 0.6) is 0 Å². The van der Waals surface area contributed by atoms with Gasteiger partial charge in [-0.15, -0.1) is 0 Å². The number of hydrogen-bond donors (Lipinski definition) is 2. The molecule has 0 rings (SSSR count). The summed E-state index contributed by atoms with van der Waals surface area (Å²) in [6, 6.07) is 0. The van der Waals surface area contributed by atoms with Crippen molar-refractivity contribution in [3.63, 3.8) is 0 Å². The highest BCUT2D eigenvalue weighted by Gasteiger charge is 2.72. The van der Waals surface area contributed by atoms with Gasteiger partial charge < -0.3 is 10.8 Å². The van der Waals surface area contributed by atoms with Crippen molar-refractivity contribution in [1.29, 1.82) is 0 Å². The number of carbonyl (C=O) groups is 1. The molecule has 0 fully saturated rings. The van der Waals surface area contributed by atoms with Gasteiger partial charge in [-0.1, -0.05) is 0 Å². The van der Waals surface area contributed by atoms with E-state index < -0.39 is 30.3 Å². The Hall–Kier alpha value is -0.990. The largest absolute Gasteiger partial charge is 0.426 e. The fraction of sp³-hybridized carbons (Fsp3) is 0.800. The lowest BCUT2D eigenvalue weighted by Gasteiger charge is -2.32. The fourth-order valence-electron chi connectivity index (χ4n) is 0.541. The summed E-state index contributed by atoms with van der Waals surface area (Å²) in [5, 5.41) is 8.30. The van der Waals surface area contributed by atoms with Crippen LogP contribution in [0.4, 0.5) is 26.3 Å². The second kappa shape index (κ2) is 3.30. The standard InChI is InChI=1S/C5H5F6NO2/c6-1-3(14,5(9,10)11)4(7,8)2(12)13/h14H,1H2,(H2,12,13). The number of amides is 1. The summed E-state index contributed by atoms with van der Waals surface area (Å²) in [5.74, 6) is -8.17. The molecule has 0 aromatic rings. The van der Waals surface area contributed by atoms with Gasteiger partial charge in [-0.2, -0.15) is 22.0 Å². The third-order valence-electron chi connectivity index (χ3n) is 1.49. The van der Waals surface area contributed by atoms with Crippen molar-refractivity contribution in [3.05, 3.63) is 0 Å². The third kappa shape index (κ3) is 1.63. The number of halogens is 6. The highest BCUT2D eigenvalue weighted by molar-refractivity contribution is 5.83. The van der Waals surface area contributed by atoms with E-state index in [2.05, 4.69) is 5.73 Å². The van der Waals surface area contributed by atoms with Crippen LogP contribution in [0.15, 0.2) is 0 Å². The molecule has 0 saturated heterocycles. The lowest BCUT2D eigenvalue weighted by atomic mass is 9.96. The van der Waals surface area contributed by atoms with Gasteiger partial charge in [-0.05, 0) is 0 Å². The zero-order valence-electron chi connectivity index (χ0n) is 6.41. The van der Waals surface area contributed by atoms with E-state index in [1.165, 1.54) is 0 Å². The Morgan fingerprint density at radius 1 is 1.21 bits per heavy atom. The predicted octanol–water partition coefficient (Wildman–Crippen LogP) is 0.370. The molecule has 84 valence electrons. The van der Waals surface area contributed by atoms with E-state index >= 15 is 0 Å². The molecule has 0 bridgehead atoms. The van der Waals surface area contributed by atoms with E-state index in [0.29, 0.717) is 0 Å². The number of nitrogens with two attached hydrogens (primary N) is 1. The highest BCUT2D eigenvalue weighted by Crippen LogP contribution is 2.42. The molecule has 1 amide bonds. The Morgan fingerprint density at radius 2 is 1.57 bits per heavy atom. The zero-order chi connectivity index (χ0) is 11.8. The van der Waals surface area contributed by atoms with Crippen LogP contribution in [0.25, 0.3) is 0 Å². The molecular weight excluding hydrogens is 220 g/mol. The molecule has 3 nitrogen and oxygen atoms in total. The van der Waals surface area contributed by atoms with Crippen LogP contribution < -0.4 is 5.73 Å². The van der Waals surface area contributed by atoms with Gasteiger partial charge in [0.25, 0.3) is 11.5 Å². The number of alkyl halides is 6. The first-order chi connectivity index (χ1) is 6.00. The van der Waals surface area contributed by atoms with Gasteiger partial charge in [0.15, 0.2) is 0 Å². The maximum absolute atomic E-state index is 12.4. The van der Waals surface area contributed by atoms with Crippen molar-refractivity contribution >= 4 is 5.91 Å². The van der Waals surface area contributed by atoms with Crippen molar-refractivity contribution in [2.75, 3.05) is 6.67 Å². The summed E-state index contributed by atoms with van der Waals surface area (Å²) < 4.78 is 71.9. The summed E-state index contributed by atoms with van der Waals surface area (Å²) >= 11 is 0. The van der Waals surface area contributed by atoms with Gasteiger partial charge in [0.2, 0.25) is 0 Å². The van der Waals surface area contributed by atoms with Crippen LogP contribution >= 0.6 is 0 Å². The van der Waals surface area contributed by atoms with Crippen LogP contribution in [-0.2, 0) is 4.79 Å². The van der Waals surface area contributed by atoms with Crippen molar-refractivity contribution in [2.45, 2.75) is 17.7 Å². The van der Waals surface area contributed by atoms with Gasteiger partial charge in [0, 0.05) is 0 Å². The van der Waals surface area contributed by atoms with E-state index in [-0.39, 0.29) is 0 Å². The topological polar surface area (TPSA) is 63.3 Å². The van der Waals surface area contributed by atoms with Crippen LogP contribution in [0, 0.1) is 0 Å². The minimum atomic E-state index is -6.00. The lowest BCUT2D eigenvalue weighted by Crippen LogP contribution is -2.65. The molecule has 0 heterocycles. The molecule has 9 heteroatoms. The van der Waals surface area contributed by atoms with Crippen molar-refractivity contribution in [3.8, 4) is 0 Å². The molecule has 0 aromatic heterocycles. The summed E-state index contributed by atoms with van der Waals surface area (Å²) in [6.45, 7) is -2.87. The first-order valence-electron chi connectivity index (χ1n) is 3.03. The summed E-state index contributed by atoms with van der Waals surface area (Å²) in [5.41, 5.74) is -1.16. The Balaban J connectivity index is 5.36. The number of carbonyl (C=O) groups excluding carboxylic acids is 1.